The summed E-state index contributed by atoms with van der Waals surface area (Å²) in [5, 5.41) is 0. The summed E-state index contributed by atoms with van der Waals surface area (Å²) >= 11 is 0. The van der Waals surface area contributed by atoms with Gasteiger partial charge in [-0.15, -0.1) is 0 Å². The third kappa shape index (κ3) is 2.09. The molecular weight excluding hydrogens is 230 g/mol. The summed E-state index contributed by atoms with van der Waals surface area (Å²) in [6.45, 7) is 3.85. The lowest BCUT2D eigenvalue weighted by molar-refractivity contribution is 0.0596. The third-order valence-corrected chi connectivity index (χ3v) is 2.82. The van der Waals surface area contributed by atoms with E-state index in [1.54, 1.807) is 0 Å². The number of aryl methyl sites for hydroxylation is 1. The maximum absolute atomic E-state index is 11.7. The highest BCUT2D eigenvalue weighted by atomic mass is 16.5. The van der Waals surface area contributed by atoms with Gasteiger partial charge in [-0.2, -0.15) is 0 Å². The Morgan fingerprint density at radius 1 is 1.61 bits per heavy atom. The van der Waals surface area contributed by atoms with Gasteiger partial charge >= 0.3 is 5.97 Å². The molecule has 5 heteroatoms. The molecule has 0 saturated heterocycles. The van der Waals surface area contributed by atoms with Gasteiger partial charge in [-0.1, -0.05) is 6.07 Å². The second kappa shape index (κ2) is 4.78. The van der Waals surface area contributed by atoms with E-state index in [0.29, 0.717) is 12.1 Å². The molecule has 2 heterocycles. The molecule has 0 amide bonds. The molecule has 5 nitrogen and oxygen atoms in total. The highest BCUT2D eigenvalue weighted by Crippen LogP contribution is 2.19. The summed E-state index contributed by atoms with van der Waals surface area (Å²) in [6.07, 6.45) is 2.50. The van der Waals surface area contributed by atoms with Crippen LogP contribution in [0, 0.1) is 6.92 Å². The van der Waals surface area contributed by atoms with Crippen molar-refractivity contribution in [2.45, 2.75) is 26.3 Å². The van der Waals surface area contributed by atoms with Gasteiger partial charge in [-0.25, -0.2) is 9.78 Å². The smallest absolute Gasteiger partial charge is 0.358 e. The molecule has 0 aliphatic carbocycles. The molecule has 1 unspecified atom stereocenters. The molecule has 0 bridgehead atoms. The summed E-state index contributed by atoms with van der Waals surface area (Å²) in [5.41, 5.74) is 7.93. The average molecular weight is 247 g/mol. The highest BCUT2D eigenvalue weighted by Gasteiger charge is 2.19. The van der Waals surface area contributed by atoms with Crippen LogP contribution in [0.15, 0.2) is 18.3 Å². The van der Waals surface area contributed by atoms with Crippen LogP contribution in [0.2, 0.25) is 0 Å². The predicted molar refractivity (Wildman–Crippen MR) is 68.6 cm³/mol. The van der Waals surface area contributed by atoms with Crippen molar-refractivity contribution >= 4 is 11.5 Å². The number of nitrogens with zero attached hydrogens (tertiary/aromatic N) is 2. The molecule has 2 rings (SSSR count). The maximum Gasteiger partial charge on any atom is 0.358 e. The zero-order valence-corrected chi connectivity index (χ0v) is 10.8. The molecule has 0 aliphatic rings. The number of imidazole rings is 1. The Labute approximate surface area is 106 Å². The molecule has 0 radical (unpaired) electrons. The van der Waals surface area contributed by atoms with Gasteiger partial charge in [0.25, 0.3) is 0 Å². The van der Waals surface area contributed by atoms with Gasteiger partial charge in [0.05, 0.1) is 12.6 Å². The summed E-state index contributed by atoms with van der Waals surface area (Å²) < 4.78 is 6.68. The minimum absolute atomic E-state index is 0.0124. The summed E-state index contributed by atoms with van der Waals surface area (Å²) in [6, 6.07) is 3.86. The molecule has 2 N–H and O–H groups in total. The van der Waals surface area contributed by atoms with Crippen LogP contribution in [0.3, 0.4) is 0 Å². The molecule has 96 valence electrons. The van der Waals surface area contributed by atoms with Crippen molar-refractivity contribution in [3.63, 3.8) is 0 Å². The second-order valence-electron chi connectivity index (χ2n) is 4.46. The highest BCUT2D eigenvalue weighted by molar-refractivity contribution is 5.96. The van der Waals surface area contributed by atoms with Gasteiger partial charge in [0.2, 0.25) is 0 Å². The van der Waals surface area contributed by atoms with Crippen molar-refractivity contribution in [1.82, 2.24) is 9.38 Å². The number of pyridine rings is 1. The lowest BCUT2D eigenvalue weighted by Crippen LogP contribution is -2.19. The van der Waals surface area contributed by atoms with E-state index in [2.05, 4.69) is 4.98 Å². The van der Waals surface area contributed by atoms with E-state index in [4.69, 9.17) is 10.5 Å². The minimum Gasteiger partial charge on any atom is -0.464 e. The molecule has 0 aliphatic heterocycles. The number of hydrogen-bond donors (Lipinski definition) is 1. The maximum atomic E-state index is 11.7. The SMILES string of the molecule is COC(=O)c1nc(CC(C)N)n2cccc(C)c12. The predicted octanol–water partition coefficient (Wildman–Crippen LogP) is 1.32. The molecule has 0 spiro atoms. The van der Waals surface area contributed by atoms with E-state index in [1.165, 1.54) is 7.11 Å². The fourth-order valence-electron chi connectivity index (χ4n) is 2.04. The van der Waals surface area contributed by atoms with Crippen molar-refractivity contribution in [3.8, 4) is 0 Å². The van der Waals surface area contributed by atoms with E-state index in [1.807, 2.05) is 36.6 Å². The van der Waals surface area contributed by atoms with Gasteiger partial charge in [0.15, 0.2) is 5.69 Å². The molecule has 2 aromatic rings. The molecule has 0 fully saturated rings. The molecule has 1 atom stereocenters. The number of carbonyl (C=O) groups excluding carboxylic acids is 1. The number of carbonyl (C=O) groups is 1. The minimum atomic E-state index is -0.419. The largest absolute Gasteiger partial charge is 0.464 e. The first-order chi connectivity index (χ1) is 8.54. The van der Waals surface area contributed by atoms with Crippen LogP contribution >= 0.6 is 0 Å². The van der Waals surface area contributed by atoms with Gasteiger partial charge in [0, 0.05) is 18.7 Å². The van der Waals surface area contributed by atoms with Gasteiger partial charge < -0.3 is 14.9 Å². The lowest BCUT2D eigenvalue weighted by Gasteiger charge is -2.04. The van der Waals surface area contributed by atoms with E-state index >= 15 is 0 Å². The van der Waals surface area contributed by atoms with Crippen molar-refractivity contribution in [2.24, 2.45) is 5.73 Å². The first-order valence-electron chi connectivity index (χ1n) is 5.85. The van der Waals surface area contributed by atoms with Crippen LogP contribution in [-0.2, 0) is 11.2 Å². The Morgan fingerprint density at radius 2 is 2.33 bits per heavy atom. The van der Waals surface area contributed by atoms with Crippen LogP contribution in [0.4, 0.5) is 0 Å². The normalized spacial score (nSPS) is 12.7. The number of nitrogens with two attached hydrogens (primary N) is 1. The quantitative estimate of drug-likeness (QED) is 0.830. The number of methoxy groups -OCH3 is 1. The molecule has 0 saturated carbocycles. The van der Waals surface area contributed by atoms with Gasteiger partial charge in [0.1, 0.15) is 5.82 Å². The first-order valence-corrected chi connectivity index (χ1v) is 5.85. The number of rotatable bonds is 3. The number of hydrogen-bond acceptors (Lipinski definition) is 4. The van der Waals surface area contributed by atoms with E-state index in [0.717, 1.165) is 16.9 Å². The zero-order valence-electron chi connectivity index (χ0n) is 10.8. The Balaban J connectivity index is 2.67. The Morgan fingerprint density at radius 3 is 2.94 bits per heavy atom. The van der Waals surface area contributed by atoms with Crippen LogP contribution in [0.1, 0.15) is 28.8 Å². The lowest BCUT2D eigenvalue weighted by atomic mass is 10.2. The molecule has 18 heavy (non-hydrogen) atoms. The van der Waals surface area contributed by atoms with E-state index in [-0.39, 0.29) is 6.04 Å². The monoisotopic (exact) mass is 247 g/mol. The van der Waals surface area contributed by atoms with Crippen LogP contribution < -0.4 is 5.73 Å². The number of aromatic nitrogens is 2. The van der Waals surface area contributed by atoms with Crippen molar-refractivity contribution in [2.75, 3.05) is 7.11 Å². The molecule has 0 aromatic carbocycles. The molecule has 2 aromatic heterocycles. The summed E-state index contributed by atoms with van der Waals surface area (Å²) in [7, 11) is 1.36. The Hall–Kier alpha value is -1.88. The van der Waals surface area contributed by atoms with E-state index in [9.17, 15) is 4.79 Å². The van der Waals surface area contributed by atoms with Crippen LogP contribution in [0.25, 0.3) is 5.52 Å². The Kier molecular flexibility index (Phi) is 3.34. The fourth-order valence-corrected chi connectivity index (χ4v) is 2.04. The summed E-state index contributed by atoms with van der Waals surface area (Å²) in [4.78, 5) is 16.1. The Bertz CT molecular complexity index is 587. The van der Waals surface area contributed by atoms with Crippen molar-refractivity contribution in [3.05, 3.63) is 35.4 Å². The fraction of sp³-hybridized carbons (Fsp3) is 0.385. The van der Waals surface area contributed by atoms with E-state index < -0.39 is 5.97 Å². The van der Waals surface area contributed by atoms with Gasteiger partial charge in [-0.3, -0.25) is 0 Å². The van der Waals surface area contributed by atoms with Gasteiger partial charge in [-0.05, 0) is 25.5 Å². The zero-order chi connectivity index (χ0) is 13.3. The topological polar surface area (TPSA) is 69.6 Å². The third-order valence-electron chi connectivity index (χ3n) is 2.82. The first kappa shape index (κ1) is 12.6. The van der Waals surface area contributed by atoms with Crippen LogP contribution in [0.5, 0.6) is 0 Å². The van der Waals surface area contributed by atoms with Crippen LogP contribution in [-0.4, -0.2) is 28.5 Å². The second-order valence-corrected chi connectivity index (χ2v) is 4.46. The summed E-state index contributed by atoms with van der Waals surface area (Å²) in [5.74, 6) is 0.363. The van der Waals surface area contributed by atoms with Crippen molar-refractivity contribution < 1.29 is 9.53 Å². The molecular formula is C13H17N3O2. The standard InChI is InChI=1S/C13H17N3O2/c1-8-5-4-6-16-10(7-9(2)14)15-11(12(8)16)13(17)18-3/h4-6,9H,7,14H2,1-3H3. The van der Waals surface area contributed by atoms with Crippen molar-refractivity contribution in [1.29, 1.82) is 0 Å². The number of esters is 1. The number of fused-ring (bicyclic) bond motifs is 1. The number of ether oxygens (including phenoxy) is 1. The average Bonchev–Trinajstić information content (AvgIpc) is 2.68.